The van der Waals surface area contributed by atoms with Crippen molar-refractivity contribution in [3.8, 4) is 0 Å². The third-order valence-electron chi connectivity index (χ3n) is 3.66. The summed E-state index contributed by atoms with van der Waals surface area (Å²) in [6.45, 7) is 14.9. The second kappa shape index (κ2) is 10.7. The van der Waals surface area contributed by atoms with E-state index in [1.54, 1.807) is 6.08 Å². The number of fused-ring (bicyclic) bond motifs is 1. The van der Waals surface area contributed by atoms with E-state index in [0.29, 0.717) is 6.10 Å². The Morgan fingerprint density at radius 1 is 1.33 bits per heavy atom. The molecule has 0 spiro atoms. The van der Waals surface area contributed by atoms with Gasteiger partial charge in [0, 0.05) is 12.3 Å². The molecule has 2 nitrogen and oxygen atoms in total. The van der Waals surface area contributed by atoms with E-state index in [1.807, 2.05) is 18.2 Å². The summed E-state index contributed by atoms with van der Waals surface area (Å²) in [7, 11) is 0. The summed E-state index contributed by atoms with van der Waals surface area (Å²) in [4.78, 5) is 0. The molecule has 0 atom stereocenters. The van der Waals surface area contributed by atoms with Crippen LogP contribution in [-0.4, -0.2) is 12.7 Å². The molecule has 1 aliphatic carbocycles. The van der Waals surface area contributed by atoms with E-state index in [0.717, 1.165) is 37.1 Å². The van der Waals surface area contributed by atoms with Gasteiger partial charge in [-0.3, -0.25) is 0 Å². The number of hydrogen-bond donors (Lipinski definition) is 1. The van der Waals surface area contributed by atoms with Gasteiger partial charge in [0.05, 0.1) is 6.10 Å². The minimum atomic E-state index is 0.403. The van der Waals surface area contributed by atoms with Crippen LogP contribution in [0.2, 0.25) is 0 Å². The van der Waals surface area contributed by atoms with Crippen molar-refractivity contribution in [3.05, 3.63) is 71.9 Å². The summed E-state index contributed by atoms with van der Waals surface area (Å²) in [5.41, 5.74) is 11.6. The lowest BCUT2D eigenvalue weighted by Crippen LogP contribution is -2.01. The van der Waals surface area contributed by atoms with E-state index in [1.165, 1.54) is 16.7 Å². The molecule has 0 radical (unpaired) electrons. The lowest BCUT2D eigenvalue weighted by atomic mass is 9.88. The predicted molar refractivity (Wildman–Crippen MR) is 107 cm³/mol. The van der Waals surface area contributed by atoms with Crippen molar-refractivity contribution in [2.24, 2.45) is 0 Å². The minimum absolute atomic E-state index is 0.403. The number of anilines is 1. The average molecular weight is 325 g/mol. The highest BCUT2D eigenvalue weighted by atomic mass is 16.5. The van der Waals surface area contributed by atoms with Gasteiger partial charge in [-0.25, -0.2) is 0 Å². The molecule has 0 saturated carbocycles. The Balaban J connectivity index is 0.000000351. The molecule has 1 aromatic carbocycles. The summed E-state index contributed by atoms with van der Waals surface area (Å²) in [6.07, 6.45) is 11.5. The van der Waals surface area contributed by atoms with Crippen molar-refractivity contribution >= 4 is 11.8 Å². The molecule has 2 N–H and O–H groups in total. The van der Waals surface area contributed by atoms with Gasteiger partial charge >= 0.3 is 0 Å². The van der Waals surface area contributed by atoms with Crippen molar-refractivity contribution in [1.29, 1.82) is 0 Å². The van der Waals surface area contributed by atoms with E-state index in [4.69, 9.17) is 10.5 Å². The van der Waals surface area contributed by atoms with E-state index in [-0.39, 0.29) is 0 Å². The normalized spacial score (nSPS) is 13.1. The molecule has 0 heterocycles. The van der Waals surface area contributed by atoms with Crippen molar-refractivity contribution in [1.82, 2.24) is 0 Å². The van der Waals surface area contributed by atoms with Crippen LogP contribution in [0, 0.1) is 0 Å². The molecular formula is C22H31NO. The first-order chi connectivity index (χ1) is 11.5. The zero-order chi connectivity index (χ0) is 17.9. The van der Waals surface area contributed by atoms with Gasteiger partial charge in [-0.1, -0.05) is 50.5 Å². The first-order valence-corrected chi connectivity index (χ1v) is 8.66. The molecular weight excluding hydrogens is 294 g/mol. The lowest BCUT2D eigenvalue weighted by molar-refractivity contribution is 0.0794. The molecule has 0 fully saturated rings. The predicted octanol–water partition coefficient (Wildman–Crippen LogP) is 5.72. The fourth-order valence-corrected chi connectivity index (χ4v) is 2.41. The third kappa shape index (κ3) is 7.01. The summed E-state index contributed by atoms with van der Waals surface area (Å²) >= 11 is 0. The SMILES string of the molecule is C=C/C=C\C(=C)C1=Cc2ccc(N)cc2CC1.CCCOC(C)C. The highest BCUT2D eigenvalue weighted by Crippen LogP contribution is 2.29. The van der Waals surface area contributed by atoms with Crippen LogP contribution in [0.4, 0.5) is 5.69 Å². The lowest BCUT2D eigenvalue weighted by Gasteiger charge is -2.17. The van der Waals surface area contributed by atoms with Crippen LogP contribution < -0.4 is 5.73 Å². The van der Waals surface area contributed by atoms with Crippen LogP contribution in [0.25, 0.3) is 6.08 Å². The second-order valence-electron chi connectivity index (χ2n) is 6.17. The number of allylic oxidation sites excluding steroid dienone is 5. The highest BCUT2D eigenvalue weighted by molar-refractivity contribution is 5.67. The Morgan fingerprint density at radius 3 is 2.67 bits per heavy atom. The van der Waals surface area contributed by atoms with Gasteiger partial charge in [0.25, 0.3) is 0 Å². The highest BCUT2D eigenvalue weighted by Gasteiger charge is 2.11. The molecule has 0 amide bonds. The molecule has 130 valence electrons. The zero-order valence-corrected chi connectivity index (χ0v) is 15.3. The standard InChI is InChI=1S/C16H17N.C6H14O/c1-3-4-5-12(2)13-6-7-15-11-16(17)9-8-14(15)10-13;1-4-5-7-6(2)3/h3-5,8-11H,1-2,6-7,17H2;6H,4-5H2,1-3H3/b5-4-;. The molecule has 0 unspecified atom stereocenters. The quantitative estimate of drug-likeness (QED) is 0.536. The Hall–Kier alpha value is -2.06. The summed E-state index contributed by atoms with van der Waals surface area (Å²) < 4.78 is 5.19. The van der Waals surface area contributed by atoms with Crippen molar-refractivity contribution in [2.75, 3.05) is 12.3 Å². The smallest absolute Gasteiger partial charge is 0.0518 e. The number of nitrogen functional groups attached to an aromatic ring is 1. The fourth-order valence-electron chi connectivity index (χ4n) is 2.41. The van der Waals surface area contributed by atoms with Crippen LogP contribution in [0.3, 0.4) is 0 Å². The summed E-state index contributed by atoms with van der Waals surface area (Å²) in [6, 6.07) is 6.08. The van der Waals surface area contributed by atoms with Crippen LogP contribution in [0.15, 0.2) is 60.7 Å². The first kappa shape index (κ1) is 20.0. The molecule has 1 aromatic rings. The maximum absolute atomic E-state index is 5.78. The molecule has 2 rings (SSSR count). The molecule has 0 aromatic heterocycles. The molecule has 0 saturated heterocycles. The minimum Gasteiger partial charge on any atom is -0.399 e. The largest absolute Gasteiger partial charge is 0.399 e. The van der Waals surface area contributed by atoms with Gasteiger partial charge in [-0.2, -0.15) is 0 Å². The molecule has 0 bridgehead atoms. The second-order valence-corrected chi connectivity index (χ2v) is 6.17. The molecule has 2 heteroatoms. The van der Waals surface area contributed by atoms with Gasteiger partial charge in [0.1, 0.15) is 0 Å². The van der Waals surface area contributed by atoms with E-state index >= 15 is 0 Å². The number of benzene rings is 1. The van der Waals surface area contributed by atoms with Gasteiger partial charge in [-0.15, -0.1) is 0 Å². The van der Waals surface area contributed by atoms with Crippen LogP contribution >= 0.6 is 0 Å². The number of rotatable bonds is 6. The molecule has 1 aliphatic rings. The Labute approximate surface area is 147 Å². The topological polar surface area (TPSA) is 35.2 Å². The molecule has 0 aliphatic heterocycles. The van der Waals surface area contributed by atoms with E-state index in [2.05, 4.69) is 52.1 Å². The van der Waals surface area contributed by atoms with Gasteiger partial charge in [-0.05, 0) is 67.5 Å². The van der Waals surface area contributed by atoms with E-state index in [9.17, 15) is 0 Å². The Kier molecular flexibility index (Phi) is 8.88. The van der Waals surface area contributed by atoms with Crippen molar-refractivity contribution in [3.63, 3.8) is 0 Å². The first-order valence-electron chi connectivity index (χ1n) is 8.66. The van der Waals surface area contributed by atoms with Crippen molar-refractivity contribution in [2.45, 2.75) is 46.1 Å². The van der Waals surface area contributed by atoms with Crippen LogP contribution in [0.5, 0.6) is 0 Å². The maximum atomic E-state index is 5.78. The number of aryl methyl sites for hydroxylation is 1. The Bertz CT molecular complexity index is 608. The van der Waals surface area contributed by atoms with Gasteiger partial charge in [0.15, 0.2) is 0 Å². The number of hydrogen-bond acceptors (Lipinski definition) is 2. The number of ether oxygens (including phenoxy) is 1. The van der Waals surface area contributed by atoms with E-state index < -0.39 is 0 Å². The van der Waals surface area contributed by atoms with Gasteiger partial charge < -0.3 is 10.5 Å². The fraction of sp³-hybridized carbons (Fsp3) is 0.364. The maximum Gasteiger partial charge on any atom is 0.0518 e. The summed E-state index contributed by atoms with van der Waals surface area (Å²) in [5.74, 6) is 0. The van der Waals surface area contributed by atoms with Crippen molar-refractivity contribution < 1.29 is 4.74 Å². The van der Waals surface area contributed by atoms with Crippen LogP contribution in [0.1, 0.15) is 44.7 Å². The van der Waals surface area contributed by atoms with Crippen LogP contribution in [-0.2, 0) is 11.2 Å². The monoisotopic (exact) mass is 325 g/mol. The third-order valence-corrected chi connectivity index (χ3v) is 3.66. The van der Waals surface area contributed by atoms with Gasteiger partial charge in [0.2, 0.25) is 0 Å². The average Bonchev–Trinajstić information content (AvgIpc) is 2.57. The molecule has 24 heavy (non-hydrogen) atoms. The summed E-state index contributed by atoms with van der Waals surface area (Å²) in [5, 5.41) is 0. The number of nitrogens with two attached hydrogens (primary N) is 1. The zero-order valence-electron chi connectivity index (χ0n) is 15.3. The Morgan fingerprint density at radius 2 is 2.08 bits per heavy atom.